The summed E-state index contributed by atoms with van der Waals surface area (Å²) < 4.78 is 0. The molecule has 1 aromatic carbocycles. The van der Waals surface area contributed by atoms with Crippen LogP contribution in [0.3, 0.4) is 0 Å². The van der Waals surface area contributed by atoms with Crippen LogP contribution in [-0.4, -0.2) is 48.9 Å². The van der Waals surface area contributed by atoms with E-state index in [-0.39, 0.29) is 36.2 Å². The molecule has 0 bridgehead atoms. The highest BCUT2D eigenvalue weighted by Gasteiger charge is 2.31. The van der Waals surface area contributed by atoms with Gasteiger partial charge in [0.1, 0.15) is 0 Å². The average Bonchev–Trinajstić information content (AvgIpc) is 2.65. The van der Waals surface area contributed by atoms with E-state index in [9.17, 15) is 9.59 Å². The van der Waals surface area contributed by atoms with Crippen molar-refractivity contribution in [2.45, 2.75) is 32.2 Å². The fourth-order valence-electron chi connectivity index (χ4n) is 3.72. The number of likely N-dealkylation sites (tertiary alicyclic amines) is 1. The average molecular weight is 435 g/mol. The highest BCUT2D eigenvalue weighted by molar-refractivity contribution is 6.42. The molecule has 27 heavy (non-hydrogen) atoms. The number of rotatable bonds is 3. The Balaban J connectivity index is 0.00000261. The van der Waals surface area contributed by atoms with Crippen LogP contribution in [0, 0.1) is 11.8 Å². The first-order valence-corrected chi connectivity index (χ1v) is 9.96. The summed E-state index contributed by atoms with van der Waals surface area (Å²) in [6.07, 6.45) is 2.59. The van der Waals surface area contributed by atoms with Gasteiger partial charge in [0, 0.05) is 24.7 Å². The minimum atomic E-state index is -0.155. The van der Waals surface area contributed by atoms with Crippen LogP contribution in [0.25, 0.3) is 0 Å². The van der Waals surface area contributed by atoms with Crippen LogP contribution >= 0.6 is 35.6 Å². The Morgan fingerprint density at radius 1 is 1.22 bits per heavy atom. The van der Waals surface area contributed by atoms with Crippen molar-refractivity contribution < 1.29 is 9.59 Å². The van der Waals surface area contributed by atoms with E-state index in [0.29, 0.717) is 34.6 Å². The summed E-state index contributed by atoms with van der Waals surface area (Å²) >= 11 is 12.0. The van der Waals surface area contributed by atoms with Crippen molar-refractivity contribution in [3.05, 3.63) is 33.8 Å². The van der Waals surface area contributed by atoms with Gasteiger partial charge in [-0.2, -0.15) is 0 Å². The van der Waals surface area contributed by atoms with E-state index in [1.165, 1.54) is 0 Å². The summed E-state index contributed by atoms with van der Waals surface area (Å²) in [7, 11) is 0. The molecule has 2 aliphatic rings. The Labute approximate surface area is 176 Å². The van der Waals surface area contributed by atoms with Gasteiger partial charge in [0.15, 0.2) is 0 Å². The summed E-state index contributed by atoms with van der Waals surface area (Å²) in [5.74, 6) is 0.231. The van der Waals surface area contributed by atoms with Crippen molar-refractivity contribution in [1.29, 1.82) is 0 Å². The number of halogens is 3. The summed E-state index contributed by atoms with van der Waals surface area (Å²) in [6.45, 7) is 5.12. The lowest BCUT2D eigenvalue weighted by Crippen LogP contribution is -2.52. The zero-order valence-electron chi connectivity index (χ0n) is 15.3. The maximum atomic E-state index is 12.8. The molecule has 2 amide bonds. The van der Waals surface area contributed by atoms with Crippen LogP contribution in [0.15, 0.2) is 18.2 Å². The first-order chi connectivity index (χ1) is 12.5. The Morgan fingerprint density at radius 3 is 2.70 bits per heavy atom. The van der Waals surface area contributed by atoms with Crippen molar-refractivity contribution >= 4 is 47.4 Å². The summed E-state index contributed by atoms with van der Waals surface area (Å²) in [6, 6.07) is 5.11. The van der Waals surface area contributed by atoms with E-state index < -0.39 is 0 Å². The van der Waals surface area contributed by atoms with Crippen molar-refractivity contribution in [2.24, 2.45) is 11.8 Å². The van der Waals surface area contributed by atoms with Gasteiger partial charge in [0.25, 0.3) is 5.91 Å². The van der Waals surface area contributed by atoms with Gasteiger partial charge in [-0.3, -0.25) is 9.59 Å². The molecule has 150 valence electrons. The van der Waals surface area contributed by atoms with Gasteiger partial charge < -0.3 is 15.5 Å². The third-order valence-electron chi connectivity index (χ3n) is 5.36. The first-order valence-electron chi connectivity index (χ1n) is 9.21. The SMILES string of the molecule is CC1CNCCC1NC(=O)C1CCCN(C(=O)c2ccc(Cl)c(Cl)c2)C1.Cl. The molecule has 8 heteroatoms. The number of hydrogen-bond donors (Lipinski definition) is 2. The van der Waals surface area contributed by atoms with Crippen molar-refractivity contribution in [3.63, 3.8) is 0 Å². The topological polar surface area (TPSA) is 61.4 Å². The molecular weight excluding hydrogens is 409 g/mol. The second-order valence-electron chi connectivity index (χ2n) is 7.30. The van der Waals surface area contributed by atoms with Crippen LogP contribution in [0.2, 0.25) is 10.0 Å². The third-order valence-corrected chi connectivity index (χ3v) is 6.10. The Kier molecular flexibility index (Phi) is 8.22. The lowest BCUT2D eigenvalue weighted by atomic mass is 9.92. The number of piperidine rings is 2. The summed E-state index contributed by atoms with van der Waals surface area (Å²) in [5.41, 5.74) is 0.507. The lowest BCUT2D eigenvalue weighted by molar-refractivity contribution is -0.127. The van der Waals surface area contributed by atoms with Gasteiger partial charge in [0.2, 0.25) is 5.91 Å². The van der Waals surface area contributed by atoms with Gasteiger partial charge in [-0.15, -0.1) is 12.4 Å². The summed E-state index contributed by atoms with van der Waals surface area (Å²) in [5, 5.41) is 7.33. The van der Waals surface area contributed by atoms with Gasteiger partial charge >= 0.3 is 0 Å². The van der Waals surface area contributed by atoms with Gasteiger partial charge in [-0.1, -0.05) is 30.1 Å². The Morgan fingerprint density at radius 2 is 2.00 bits per heavy atom. The Hall–Kier alpha value is -1.01. The number of nitrogens with zero attached hydrogens (tertiary/aromatic N) is 1. The number of benzene rings is 1. The van der Waals surface area contributed by atoms with E-state index in [1.54, 1.807) is 23.1 Å². The molecule has 3 atom stereocenters. The molecule has 5 nitrogen and oxygen atoms in total. The molecular formula is C19H26Cl3N3O2. The molecule has 2 saturated heterocycles. The van der Waals surface area contributed by atoms with Gasteiger partial charge in [-0.05, 0) is 56.5 Å². The molecule has 2 N–H and O–H groups in total. The fourth-order valence-corrected chi connectivity index (χ4v) is 4.01. The smallest absolute Gasteiger partial charge is 0.253 e. The second kappa shape index (κ2) is 9.97. The van der Waals surface area contributed by atoms with E-state index in [0.717, 1.165) is 32.4 Å². The predicted octanol–water partition coefficient (Wildman–Crippen LogP) is 3.38. The molecule has 1 aromatic rings. The van der Waals surface area contributed by atoms with Gasteiger partial charge in [-0.25, -0.2) is 0 Å². The second-order valence-corrected chi connectivity index (χ2v) is 8.12. The number of amides is 2. The standard InChI is InChI=1S/C19H25Cl2N3O2.ClH/c1-12-10-22-7-6-17(12)23-18(25)14-3-2-8-24(11-14)19(26)13-4-5-15(20)16(21)9-13;/h4-5,9,12,14,17,22H,2-3,6-8,10-11H2,1H3,(H,23,25);1H. The number of carbonyl (C=O) groups excluding carboxylic acids is 2. The monoisotopic (exact) mass is 433 g/mol. The van der Waals surface area contributed by atoms with Crippen LogP contribution < -0.4 is 10.6 Å². The number of carbonyl (C=O) groups is 2. The fraction of sp³-hybridized carbons (Fsp3) is 0.579. The van der Waals surface area contributed by atoms with Crippen molar-refractivity contribution in [2.75, 3.05) is 26.2 Å². The minimum Gasteiger partial charge on any atom is -0.353 e. The molecule has 2 aliphatic heterocycles. The predicted molar refractivity (Wildman–Crippen MR) is 111 cm³/mol. The maximum Gasteiger partial charge on any atom is 0.253 e. The molecule has 0 saturated carbocycles. The molecule has 0 aliphatic carbocycles. The number of nitrogens with one attached hydrogen (secondary N) is 2. The van der Waals surface area contributed by atoms with E-state index in [2.05, 4.69) is 17.6 Å². The third kappa shape index (κ3) is 5.50. The van der Waals surface area contributed by atoms with Crippen molar-refractivity contribution in [1.82, 2.24) is 15.5 Å². The molecule has 0 radical (unpaired) electrons. The zero-order valence-corrected chi connectivity index (χ0v) is 17.7. The molecule has 3 rings (SSSR count). The first kappa shape index (κ1) is 22.3. The highest BCUT2D eigenvalue weighted by atomic mass is 35.5. The molecule has 2 fully saturated rings. The Bertz CT molecular complexity index is 686. The van der Waals surface area contributed by atoms with E-state index >= 15 is 0 Å². The maximum absolute atomic E-state index is 12.8. The normalized spacial score (nSPS) is 25.4. The zero-order chi connectivity index (χ0) is 18.7. The van der Waals surface area contributed by atoms with Crippen LogP contribution in [0.5, 0.6) is 0 Å². The van der Waals surface area contributed by atoms with Gasteiger partial charge in [0.05, 0.1) is 16.0 Å². The lowest BCUT2D eigenvalue weighted by Gasteiger charge is -2.35. The molecule has 2 heterocycles. The minimum absolute atomic E-state index is 0. The largest absolute Gasteiger partial charge is 0.353 e. The molecule has 0 aromatic heterocycles. The van der Waals surface area contributed by atoms with E-state index in [1.807, 2.05) is 0 Å². The molecule has 0 spiro atoms. The van der Waals surface area contributed by atoms with Crippen molar-refractivity contribution in [3.8, 4) is 0 Å². The quantitative estimate of drug-likeness (QED) is 0.766. The van der Waals surface area contributed by atoms with E-state index in [4.69, 9.17) is 23.2 Å². The molecule has 3 unspecified atom stereocenters. The summed E-state index contributed by atoms with van der Waals surface area (Å²) in [4.78, 5) is 27.2. The van der Waals surface area contributed by atoms with Crippen LogP contribution in [-0.2, 0) is 4.79 Å². The number of hydrogen-bond acceptors (Lipinski definition) is 3. The van der Waals surface area contributed by atoms with Crippen LogP contribution in [0.4, 0.5) is 0 Å². The van der Waals surface area contributed by atoms with Crippen LogP contribution in [0.1, 0.15) is 36.5 Å². The highest BCUT2D eigenvalue weighted by Crippen LogP contribution is 2.25.